The lowest BCUT2D eigenvalue weighted by Crippen LogP contribution is -2.50. The van der Waals surface area contributed by atoms with Crippen molar-refractivity contribution < 1.29 is 9.22 Å². The van der Waals surface area contributed by atoms with Gasteiger partial charge in [0.15, 0.2) is 8.32 Å². The molecular weight excluding hydrogens is 316 g/mol. The summed E-state index contributed by atoms with van der Waals surface area (Å²) in [5.41, 5.74) is 7.01. The van der Waals surface area contributed by atoms with Crippen LogP contribution in [0.1, 0.15) is 32.4 Å². The maximum absolute atomic E-state index is 12.0. The zero-order valence-corrected chi connectivity index (χ0v) is 16.0. The van der Waals surface area contributed by atoms with E-state index in [1.54, 1.807) is 19.2 Å². The number of hydrogen-bond donors (Lipinski definition) is 2. The Labute approximate surface area is 139 Å². The van der Waals surface area contributed by atoms with Crippen molar-refractivity contribution in [2.75, 3.05) is 7.05 Å². The summed E-state index contributed by atoms with van der Waals surface area (Å²) >= 11 is 5.95. The monoisotopic (exact) mass is 342 g/mol. The molecule has 124 valence electrons. The molecule has 0 radical (unpaired) electrons. The van der Waals surface area contributed by atoms with Crippen molar-refractivity contribution in [2.45, 2.75) is 51.0 Å². The van der Waals surface area contributed by atoms with E-state index < -0.39 is 20.5 Å². The van der Waals surface area contributed by atoms with E-state index in [0.29, 0.717) is 5.02 Å². The lowest BCUT2D eigenvalue weighted by Gasteiger charge is -2.40. The van der Waals surface area contributed by atoms with Crippen molar-refractivity contribution in [3.05, 3.63) is 34.9 Å². The van der Waals surface area contributed by atoms with Gasteiger partial charge in [-0.2, -0.15) is 0 Å². The van der Waals surface area contributed by atoms with Gasteiger partial charge in [-0.3, -0.25) is 4.79 Å². The summed E-state index contributed by atoms with van der Waals surface area (Å²) in [6.07, 6.45) is -0.488. The number of carbonyl (C=O) groups excluding carboxylic acids is 1. The number of amides is 1. The fourth-order valence-corrected chi connectivity index (χ4v) is 3.20. The zero-order valence-electron chi connectivity index (χ0n) is 14.2. The van der Waals surface area contributed by atoms with Gasteiger partial charge in [0.05, 0.1) is 6.10 Å². The van der Waals surface area contributed by atoms with Crippen molar-refractivity contribution >= 4 is 25.8 Å². The molecule has 2 atom stereocenters. The highest BCUT2D eigenvalue weighted by atomic mass is 35.5. The lowest BCUT2D eigenvalue weighted by molar-refractivity contribution is -0.124. The molecule has 6 heteroatoms. The molecule has 0 aromatic heterocycles. The highest BCUT2D eigenvalue weighted by molar-refractivity contribution is 6.74. The molecule has 0 heterocycles. The molecule has 3 N–H and O–H groups in total. The van der Waals surface area contributed by atoms with E-state index in [0.717, 1.165) is 5.56 Å². The van der Waals surface area contributed by atoms with Crippen LogP contribution < -0.4 is 11.1 Å². The first-order chi connectivity index (χ1) is 9.99. The molecule has 0 aliphatic heterocycles. The molecule has 1 aromatic rings. The third kappa shape index (κ3) is 4.55. The quantitative estimate of drug-likeness (QED) is 0.805. The van der Waals surface area contributed by atoms with Gasteiger partial charge in [-0.15, -0.1) is 0 Å². The van der Waals surface area contributed by atoms with E-state index in [4.69, 9.17) is 21.8 Å². The molecule has 0 aliphatic carbocycles. The van der Waals surface area contributed by atoms with Gasteiger partial charge < -0.3 is 15.5 Å². The summed E-state index contributed by atoms with van der Waals surface area (Å²) in [7, 11) is -0.502. The maximum Gasteiger partial charge on any atom is 0.239 e. The third-order valence-corrected chi connectivity index (χ3v) is 9.01. The van der Waals surface area contributed by atoms with Gasteiger partial charge in [-0.25, -0.2) is 0 Å². The molecule has 0 aliphatic rings. The van der Waals surface area contributed by atoms with Gasteiger partial charge in [0, 0.05) is 12.1 Å². The number of benzene rings is 1. The second kappa shape index (κ2) is 7.13. The minimum absolute atomic E-state index is 0.0279. The molecule has 1 aromatic carbocycles. The van der Waals surface area contributed by atoms with Crippen LogP contribution in [0, 0.1) is 0 Å². The maximum atomic E-state index is 12.0. The summed E-state index contributed by atoms with van der Waals surface area (Å²) in [6, 6.07) is 6.54. The normalized spacial score (nSPS) is 15.3. The number of nitrogens with one attached hydrogen (secondary N) is 1. The average Bonchev–Trinajstić information content (AvgIpc) is 2.43. The second-order valence-corrected chi connectivity index (χ2v) is 12.2. The SMILES string of the molecule is CNC(=O)[C@@H](N)[C@H](O[Si](C)(C)C(C)(C)C)c1ccc(Cl)cc1. The Kier molecular flexibility index (Phi) is 6.21. The number of nitrogens with two attached hydrogens (primary N) is 1. The van der Waals surface area contributed by atoms with Crippen LogP contribution in [-0.2, 0) is 9.22 Å². The molecule has 4 nitrogen and oxygen atoms in total. The summed E-state index contributed by atoms with van der Waals surface area (Å²) < 4.78 is 6.42. The number of carbonyl (C=O) groups is 1. The molecule has 0 fully saturated rings. The number of likely N-dealkylation sites (N-methyl/N-ethyl adjacent to an activating group) is 1. The van der Waals surface area contributed by atoms with E-state index in [-0.39, 0.29) is 10.9 Å². The minimum atomic E-state index is -2.08. The molecule has 0 spiro atoms. The number of hydrogen-bond acceptors (Lipinski definition) is 3. The van der Waals surface area contributed by atoms with Gasteiger partial charge in [0.1, 0.15) is 6.04 Å². The number of halogens is 1. The van der Waals surface area contributed by atoms with Crippen molar-refractivity contribution in [1.29, 1.82) is 0 Å². The second-order valence-electron chi connectivity index (χ2n) is 6.99. The zero-order chi connectivity index (χ0) is 17.1. The van der Waals surface area contributed by atoms with E-state index in [1.165, 1.54) is 0 Å². The van der Waals surface area contributed by atoms with Crippen LogP contribution in [0.3, 0.4) is 0 Å². The Bertz CT molecular complexity index is 512. The smallest absolute Gasteiger partial charge is 0.239 e. The summed E-state index contributed by atoms with van der Waals surface area (Å²) in [6.45, 7) is 10.8. The van der Waals surface area contributed by atoms with Crippen LogP contribution in [0.4, 0.5) is 0 Å². The first kappa shape index (κ1) is 19.2. The predicted octanol–water partition coefficient (Wildman–Crippen LogP) is 3.48. The van der Waals surface area contributed by atoms with E-state index in [1.807, 2.05) is 12.1 Å². The molecule has 1 amide bonds. The summed E-state index contributed by atoms with van der Waals surface area (Å²) in [4.78, 5) is 12.0. The lowest BCUT2D eigenvalue weighted by atomic mass is 10.0. The first-order valence-electron chi connectivity index (χ1n) is 7.40. The topological polar surface area (TPSA) is 64.4 Å². The van der Waals surface area contributed by atoms with Crippen LogP contribution in [-0.4, -0.2) is 27.3 Å². The molecular formula is C16H27ClN2O2Si. The van der Waals surface area contributed by atoms with Gasteiger partial charge >= 0.3 is 0 Å². The van der Waals surface area contributed by atoms with Crippen molar-refractivity contribution in [3.63, 3.8) is 0 Å². The Balaban J connectivity index is 3.17. The van der Waals surface area contributed by atoms with Crippen LogP contribution in [0.25, 0.3) is 0 Å². The Morgan fingerprint density at radius 2 is 1.77 bits per heavy atom. The fourth-order valence-electron chi connectivity index (χ4n) is 1.80. The molecule has 0 saturated heterocycles. The van der Waals surface area contributed by atoms with Gasteiger partial charge in [-0.05, 0) is 35.8 Å². The van der Waals surface area contributed by atoms with Crippen molar-refractivity contribution in [1.82, 2.24) is 5.32 Å². The standard InChI is InChI=1S/C16H27ClN2O2Si/c1-16(2,3)22(5,6)21-14(13(18)15(20)19-4)11-7-9-12(17)10-8-11/h7-10,13-14H,18H2,1-6H3,(H,19,20)/t13-,14+/m0/s1. The average molecular weight is 343 g/mol. The highest BCUT2D eigenvalue weighted by Gasteiger charge is 2.41. The number of rotatable bonds is 5. The molecule has 1 rings (SSSR count). The largest absolute Gasteiger partial charge is 0.408 e. The van der Waals surface area contributed by atoms with Crippen LogP contribution in [0.5, 0.6) is 0 Å². The Morgan fingerprint density at radius 1 is 1.27 bits per heavy atom. The van der Waals surface area contributed by atoms with Crippen LogP contribution in [0.2, 0.25) is 23.2 Å². The molecule has 22 heavy (non-hydrogen) atoms. The van der Waals surface area contributed by atoms with Crippen molar-refractivity contribution in [3.8, 4) is 0 Å². The van der Waals surface area contributed by atoms with Gasteiger partial charge in [0.25, 0.3) is 0 Å². The Hall–Kier alpha value is -0.883. The van der Waals surface area contributed by atoms with Crippen molar-refractivity contribution in [2.24, 2.45) is 5.73 Å². The summed E-state index contributed by atoms with van der Waals surface area (Å²) in [5, 5.41) is 3.27. The fraction of sp³-hybridized carbons (Fsp3) is 0.562. The molecule has 0 saturated carbocycles. The Morgan fingerprint density at radius 3 is 2.18 bits per heavy atom. The molecule has 0 bridgehead atoms. The van der Waals surface area contributed by atoms with E-state index >= 15 is 0 Å². The van der Waals surface area contributed by atoms with E-state index in [2.05, 4.69) is 39.2 Å². The van der Waals surface area contributed by atoms with Gasteiger partial charge in [0.2, 0.25) is 5.91 Å². The van der Waals surface area contributed by atoms with E-state index in [9.17, 15) is 4.79 Å². The van der Waals surface area contributed by atoms with Gasteiger partial charge in [-0.1, -0.05) is 44.5 Å². The van der Waals surface area contributed by atoms with Crippen LogP contribution in [0.15, 0.2) is 24.3 Å². The first-order valence-corrected chi connectivity index (χ1v) is 10.7. The molecule has 0 unspecified atom stereocenters. The minimum Gasteiger partial charge on any atom is -0.408 e. The summed E-state index contributed by atoms with van der Waals surface area (Å²) in [5.74, 6) is -0.237. The van der Waals surface area contributed by atoms with Crippen LogP contribution >= 0.6 is 11.6 Å². The third-order valence-electron chi connectivity index (χ3n) is 4.30. The predicted molar refractivity (Wildman–Crippen MR) is 94.5 cm³/mol. The highest BCUT2D eigenvalue weighted by Crippen LogP contribution is 2.40.